The number of fused-ring (bicyclic) bond motifs is 1. The number of carboxylic acid groups (broad SMARTS) is 1. The number of aliphatic carboxylic acids is 1. The van der Waals surface area contributed by atoms with Gasteiger partial charge in [-0.2, -0.15) is 0 Å². The Morgan fingerprint density at radius 1 is 1.16 bits per heavy atom. The number of imidazole rings is 1. The first-order valence-electron chi connectivity index (χ1n) is 12.9. The fourth-order valence-electron chi connectivity index (χ4n) is 5.01. The summed E-state index contributed by atoms with van der Waals surface area (Å²) in [5, 5.41) is 10.4. The SMILES string of the molecule is CC(C)OC(=O)COP(=O)(CO[C@H](C)Cn1cnc2c(N)ncnc21)N(C(C)C)C1(C(=O)O)CCCCC1. The summed E-state index contributed by atoms with van der Waals surface area (Å²) in [6.45, 7) is 8.43. The summed E-state index contributed by atoms with van der Waals surface area (Å²) in [6.07, 6.45) is 4.52. The first kappa shape index (κ1) is 29.9. The molecule has 14 heteroatoms. The van der Waals surface area contributed by atoms with E-state index in [0.29, 0.717) is 43.4 Å². The molecule has 1 unspecified atom stereocenters. The third kappa shape index (κ3) is 6.69. The highest BCUT2D eigenvalue weighted by Gasteiger charge is 2.54. The normalized spacial score (nSPS) is 18.1. The van der Waals surface area contributed by atoms with Crippen LogP contribution in [-0.2, 0) is 34.7 Å². The van der Waals surface area contributed by atoms with Gasteiger partial charge in [0.1, 0.15) is 23.7 Å². The van der Waals surface area contributed by atoms with Crippen molar-refractivity contribution in [2.75, 3.05) is 18.7 Å². The van der Waals surface area contributed by atoms with E-state index in [9.17, 15) is 19.3 Å². The van der Waals surface area contributed by atoms with Gasteiger partial charge in [-0.15, -0.1) is 0 Å². The number of ether oxygens (including phenoxy) is 2. The Balaban J connectivity index is 1.87. The van der Waals surface area contributed by atoms with Crippen molar-refractivity contribution in [1.29, 1.82) is 0 Å². The summed E-state index contributed by atoms with van der Waals surface area (Å²) in [6, 6.07) is -0.465. The average Bonchev–Trinajstić information content (AvgIpc) is 3.25. The number of aromatic nitrogens is 4. The molecule has 2 atom stereocenters. The zero-order valence-corrected chi connectivity index (χ0v) is 23.6. The molecule has 1 aliphatic carbocycles. The molecule has 212 valence electrons. The molecule has 38 heavy (non-hydrogen) atoms. The summed E-state index contributed by atoms with van der Waals surface area (Å²) in [4.78, 5) is 37.4. The van der Waals surface area contributed by atoms with Gasteiger partial charge in [0, 0.05) is 6.04 Å². The lowest BCUT2D eigenvalue weighted by Crippen LogP contribution is -2.57. The summed E-state index contributed by atoms with van der Waals surface area (Å²) in [7, 11) is -4.01. The number of carboxylic acids is 1. The van der Waals surface area contributed by atoms with E-state index in [1.807, 2.05) is 0 Å². The highest BCUT2D eigenvalue weighted by molar-refractivity contribution is 7.56. The van der Waals surface area contributed by atoms with Crippen LogP contribution in [0.4, 0.5) is 5.82 Å². The minimum absolute atomic E-state index is 0.257. The lowest BCUT2D eigenvalue weighted by Gasteiger charge is -2.47. The van der Waals surface area contributed by atoms with Crippen LogP contribution < -0.4 is 5.73 Å². The lowest BCUT2D eigenvalue weighted by atomic mass is 9.81. The van der Waals surface area contributed by atoms with Crippen LogP contribution in [0.25, 0.3) is 11.2 Å². The van der Waals surface area contributed by atoms with Crippen molar-refractivity contribution in [3.05, 3.63) is 12.7 Å². The highest BCUT2D eigenvalue weighted by Crippen LogP contribution is 2.58. The van der Waals surface area contributed by atoms with Gasteiger partial charge in [0.15, 0.2) is 18.1 Å². The molecule has 2 heterocycles. The van der Waals surface area contributed by atoms with Crippen LogP contribution in [0.2, 0.25) is 0 Å². The van der Waals surface area contributed by atoms with Crippen molar-refractivity contribution in [2.45, 2.75) is 97.1 Å². The fraction of sp³-hybridized carbons (Fsp3) is 0.708. The molecular weight excluding hydrogens is 515 g/mol. The molecule has 0 spiro atoms. The number of nitrogens with two attached hydrogens (primary N) is 1. The summed E-state index contributed by atoms with van der Waals surface area (Å²) in [5.74, 6) is -1.49. The lowest BCUT2D eigenvalue weighted by molar-refractivity contribution is -0.152. The van der Waals surface area contributed by atoms with Crippen LogP contribution in [0.1, 0.15) is 66.7 Å². The zero-order valence-electron chi connectivity index (χ0n) is 22.7. The summed E-state index contributed by atoms with van der Waals surface area (Å²) in [5.41, 5.74) is 5.46. The van der Waals surface area contributed by atoms with Crippen molar-refractivity contribution in [3.8, 4) is 0 Å². The topological polar surface area (TPSA) is 172 Å². The number of nitrogen functional groups attached to an aromatic ring is 1. The maximum Gasteiger partial charge on any atom is 0.332 e. The largest absolute Gasteiger partial charge is 0.480 e. The van der Waals surface area contributed by atoms with Gasteiger partial charge in [-0.3, -0.25) is 9.36 Å². The molecule has 0 radical (unpaired) electrons. The van der Waals surface area contributed by atoms with Crippen LogP contribution in [0.5, 0.6) is 0 Å². The van der Waals surface area contributed by atoms with E-state index in [-0.39, 0.29) is 11.9 Å². The van der Waals surface area contributed by atoms with Gasteiger partial charge in [-0.1, -0.05) is 19.3 Å². The smallest absolute Gasteiger partial charge is 0.332 e. The van der Waals surface area contributed by atoms with Crippen molar-refractivity contribution < 1.29 is 33.3 Å². The number of rotatable bonds is 13. The van der Waals surface area contributed by atoms with Crippen molar-refractivity contribution in [3.63, 3.8) is 0 Å². The third-order valence-corrected chi connectivity index (χ3v) is 9.00. The fourth-order valence-corrected chi connectivity index (χ4v) is 7.66. The van der Waals surface area contributed by atoms with Gasteiger partial charge in [-0.05, 0) is 47.5 Å². The first-order valence-corrected chi connectivity index (χ1v) is 14.6. The van der Waals surface area contributed by atoms with Gasteiger partial charge >= 0.3 is 11.9 Å². The number of anilines is 1. The van der Waals surface area contributed by atoms with Gasteiger partial charge in [0.25, 0.3) is 7.52 Å². The molecule has 0 saturated heterocycles. The molecule has 0 aliphatic heterocycles. The Bertz CT molecular complexity index is 1160. The molecule has 0 aromatic carbocycles. The Kier molecular flexibility index (Phi) is 9.85. The number of hydrogen-bond acceptors (Lipinski definition) is 10. The molecule has 1 saturated carbocycles. The number of esters is 1. The minimum Gasteiger partial charge on any atom is -0.480 e. The minimum atomic E-state index is -4.01. The second kappa shape index (κ2) is 12.5. The van der Waals surface area contributed by atoms with Crippen LogP contribution >= 0.6 is 7.52 Å². The van der Waals surface area contributed by atoms with Crippen LogP contribution in [0.15, 0.2) is 12.7 Å². The standard InChI is InChI=1S/C24H39N6O7P/c1-16(2)30(24(23(32)33)9-7-6-8-10-24)38(34,36-12-19(31)37-17(3)4)15-35-18(5)11-29-14-28-20-21(25)26-13-27-22(20)29/h13-14,16-18H,6-12,15H2,1-5H3,(H,32,33)(H2,25,26,27)/t18-,38?/m1/s1. The Morgan fingerprint density at radius 2 is 1.84 bits per heavy atom. The number of nitrogens with zero attached hydrogens (tertiary/aromatic N) is 5. The first-order chi connectivity index (χ1) is 17.9. The second-order valence-electron chi connectivity index (χ2n) is 10.2. The van der Waals surface area contributed by atoms with E-state index >= 15 is 0 Å². The molecule has 2 aromatic rings. The summed E-state index contributed by atoms with van der Waals surface area (Å²) < 4.78 is 34.7. The number of hydrogen-bond donors (Lipinski definition) is 2. The molecule has 3 N–H and O–H groups in total. The van der Waals surface area contributed by atoms with Gasteiger partial charge in [0.05, 0.1) is 25.1 Å². The van der Waals surface area contributed by atoms with Crippen molar-refractivity contribution in [1.82, 2.24) is 24.2 Å². The Labute approximate surface area is 222 Å². The Hall–Kier alpha value is -2.60. The molecular formula is C24H39N6O7P. The molecule has 2 aromatic heterocycles. The van der Waals surface area contributed by atoms with E-state index in [0.717, 1.165) is 6.42 Å². The predicted octanol–water partition coefficient (Wildman–Crippen LogP) is 3.43. The zero-order chi connectivity index (χ0) is 28.1. The second-order valence-corrected chi connectivity index (χ2v) is 12.4. The van der Waals surface area contributed by atoms with Crippen molar-refractivity contribution in [2.24, 2.45) is 0 Å². The molecule has 3 rings (SSSR count). The number of carbonyl (C=O) groups is 2. The molecule has 1 aliphatic rings. The third-order valence-electron chi connectivity index (χ3n) is 6.49. The monoisotopic (exact) mass is 554 g/mol. The maximum atomic E-state index is 14.6. The maximum absolute atomic E-state index is 14.6. The highest BCUT2D eigenvalue weighted by atomic mass is 31.2. The summed E-state index contributed by atoms with van der Waals surface area (Å²) >= 11 is 0. The van der Waals surface area contributed by atoms with Gasteiger partial charge < -0.3 is 29.4 Å². The number of carbonyl (C=O) groups excluding carboxylic acids is 1. The quantitative estimate of drug-likeness (QED) is 0.273. The average molecular weight is 555 g/mol. The molecule has 13 nitrogen and oxygen atoms in total. The predicted molar refractivity (Wildman–Crippen MR) is 140 cm³/mol. The van der Waals surface area contributed by atoms with E-state index in [4.69, 9.17) is 19.7 Å². The van der Waals surface area contributed by atoms with Gasteiger partial charge in [-0.25, -0.2) is 24.4 Å². The van der Waals surface area contributed by atoms with Crippen molar-refractivity contribution >= 4 is 36.4 Å². The van der Waals surface area contributed by atoms with E-state index in [1.54, 1.807) is 45.5 Å². The molecule has 0 amide bonds. The van der Waals surface area contributed by atoms with E-state index in [2.05, 4.69) is 15.0 Å². The van der Waals surface area contributed by atoms with E-state index < -0.39 is 50.1 Å². The van der Waals surface area contributed by atoms with Crippen LogP contribution in [0.3, 0.4) is 0 Å². The van der Waals surface area contributed by atoms with Crippen LogP contribution in [-0.4, -0.2) is 78.0 Å². The Morgan fingerprint density at radius 3 is 2.45 bits per heavy atom. The molecule has 1 fully saturated rings. The van der Waals surface area contributed by atoms with E-state index in [1.165, 1.54) is 11.0 Å². The molecule has 0 bridgehead atoms. The van der Waals surface area contributed by atoms with Gasteiger partial charge in [0.2, 0.25) is 0 Å². The van der Waals surface area contributed by atoms with Crippen LogP contribution in [0, 0.1) is 0 Å².